The van der Waals surface area contributed by atoms with Crippen LogP contribution in [-0.2, 0) is 17.6 Å². The quantitative estimate of drug-likeness (QED) is 0.615. The Hall–Kier alpha value is -1.34. The number of carbonyl (C=O) groups excluding carboxylic acids is 1. The molecule has 1 saturated heterocycles. The van der Waals surface area contributed by atoms with E-state index in [1.54, 1.807) is 11.3 Å². The number of anilines is 1. The molecule has 0 bridgehead atoms. The maximum Gasteiger partial charge on any atom is 0.235 e. The van der Waals surface area contributed by atoms with Crippen LogP contribution in [0, 0.1) is 11.8 Å². The summed E-state index contributed by atoms with van der Waals surface area (Å²) in [6.07, 6.45) is 5.57. The van der Waals surface area contributed by atoms with Gasteiger partial charge in [0.1, 0.15) is 10.6 Å². The molecular formula is C20H28N4OS2. The fourth-order valence-electron chi connectivity index (χ4n) is 4.10. The number of hydrogen-bond acceptors (Lipinski definition) is 6. The molecule has 2 aromatic heterocycles. The highest BCUT2D eigenvalue weighted by Gasteiger charge is 2.27. The number of rotatable bonds is 3. The second kappa shape index (κ2) is 7.59. The lowest BCUT2D eigenvalue weighted by atomic mass is 9.89. The summed E-state index contributed by atoms with van der Waals surface area (Å²) < 4.78 is 0. The van der Waals surface area contributed by atoms with E-state index in [1.165, 1.54) is 28.6 Å². The van der Waals surface area contributed by atoms with Crippen LogP contribution in [0.15, 0.2) is 5.16 Å². The molecule has 1 fully saturated rings. The van der Waals surface area contributed by atoms with Crippen molar-refractivity contribution in [1.82, 2.24) is 14.9 Å². The molecule has 3 heterocycles. The lowest BCUT2D eigenvalue weighted by Gasteiger charge is -2.31. The van der Waals surface area contributed by atoms with Gasteiger partial charge >= 0.3 is 0 Å². The number of nitrogens with two attached hydrogens (primary N) is 1. The van der Waals surface area contributed by atoms with Crippen molar-refractivity contribution in [2.24, 2.45) is 11.8 Å². The van der Waals surface area contributed by atoms with Crippen molar-refractivity contribution < 1.29 is 4.79 Å². The SMILES string of the molecule is CC1CCN(C(=O)C(C)Sc2nc(N)c3c4c(sc3n2)CC(C)CC4)CC1. The minimum absolute atomic E-state index is 0.188. The van der Waals surface area contributed by atoms with Crippen LogP contribution in [0.1, 0.15) is 50.5 Å². The third kappa shape index (κ3) is 3.81. The third-order valence-corrected chi connectivity index (χ3v) is 7.98. The number of aromatic nitrogens is 2. The predicted octanol–water partition coefficient (Wildman–Crippen LogP) is 4.14. The number of carbonyl (C=O) groups is 1. The maximum absolute atomic E-state index is 12.8. The van der Waals surface area contributed by atoms with Crippen molar-refractivity contribution >= 4 is 45.0 Å². The second-order valence-corrected chi connectivity index (χ2v) is 10.6. The molecule has 146 valence electrons. The van der Waals surface area contributed by atoms with Crippen LogP contribution >= 0.6 is 23.1 Å². The molecule has 7 heteroatoms. The van der Waals surface area contributed by atoms with Gasteiger partial charge in [0.15, 0.2) is 5.16 Å². The predicted molar refractivity (Wildman–Crippen MR) is 113 cm³/mol. The Morgan fingerprint density at radius 2 is 1.96 bits per heavy atom. The molecule has 1 aliphatic carbocycles. The first-order valence-electron chi connectivity index (χ1n) is 9.95. The van der Waals surface area contributed by atoms with E-state index < -0.39 is 0 Å². The zero-order valence-corrected chi connectivity index (χ0v) is 18.0. The number of likely N-dealkylation sites (tertiary alicyclic amines) is 1. The van der Waals surface area contributed by atoms with Gasteiger partial charge in [-0.2, -0.15) is 0 Å². The molecule has 2 unspecified atom stereocenters. The number of aryl methyl sites for hydroxylation is 1. The van der Waals surface area contributed by atoms with E-state index in [0.717, 1.165) is 60.8 Å². The number of thiophene rings is 1. The summed E-state index contributed by atoms with van der Waals surface area (Å²) in [7, 11) is 0. The molecule has 2 N–H and O–H groups in total. The number of nitrogen functional groups attached to an aromatic ring is 1. The van der Waals surface area contributed by atoms with Gasteiger partial charge in [0.2, 0.25) is 5.91 Å². The van der Waals surface area contributed by atoms with Crippen LogP contribution in [0.5, 0.6) is 0 Å². The zero-order chi connectivity index (χ0) is 19.1. The summed E-state index contributed by atoms with van der Waals surface area (Å²) in [5, 5.41) is 1.48. The highest BCUT2D eigenvalue weighted by Crippen LogP contribution is 2.40. The Morgan fingerprint density at radius 3 is 2.70 bits per heavy atom. The average molecular weight is 405 g/mol. The summed E-state index contributed by atoms with van der Waals surface area (Å²) >= 11 is 3.19. The fourth-order valence-corrected chi connectivity index (χ4v) is 6.41. The normalized spacial score (nSPS) is 22.0. The van der Waals surface area contributed by atoms with Crippen molar-refractivity contribution in [1.29, 1.82) is 0 Å². The monoisotopic (exact) mass is 404 g/mol. The molecule has 5 nitrogen and oxygen atoms in total. The molecule has 1 amide bonds. The highest BCUT2D eigenvalue weighted by atomic mass is 32.2. The molecule has 0 radical (unpaired) electrons. The van der Waals surface area contributed by atoms with E-state index in [9.17, 15) is 4.79 Å². The van der Waals surface area contributed by atoms with Crippen molar-refractivity contribution in [2.75, 3.05) is 18.8 Å². The number of nitrogens with zero attached hydrogens (tertiary/aromatic N) is 3. The van der Waals surface area contributed by atoms with Crippen LogP contribution in [0.2, 0.25) is 0 Å². The smallest absolute Gasteiger partial charge is 0.235 e. The van der Waals surface area contributed by atoms with E-state index in [-0.39, 0.29) is 11.2 Å². The molecule has 4 rings (SSSR count). The highest BCUT2D eigenvalue weighted by molar-refractivity contribution is 8.00. The van der Waals surface area contributed by atoms with E-state index >= 15 is 0 Å². The first kappa shape index (κ1) is 19.0. The Labute approximate surface area is 169 Å². The standard InChI is InChI=1S/C20H28N4OS2/c1-11-6-8-24(9-7-11)19(25)13(3)26-20-22-17(21)16-14-5-4-12(2)10-15(14)27-18(16)23-20/h11-13H,4-10H2,1-3H3,(H2,21,22,23). The number of amides is 1. The first-order valence-corrected chi connectivity index (χ1v) is 11.6. The number of thioether (sulfide) groups is 1. The van der Waals surface area contributed by atoms with Crippen LogP contribution < -0.4 is 5.73 Å². The summed E-state index contributed by atoms with van der Waals surface area (Å²) in [4.78, 5) is 26.5. The Kier molecular flexibility index (Phi) is 5.34. The lowest BCUT2D eigenvalue weighted by molar-refractivity contribution is -0.131. The van der Waals surface area contributed by atoms with Gasteiger partial charge in [-0.1, -0.05) is 25.6 Å². The summed E-state index contributed by atoms with van der Waals surface area (Å²) in [6.45, 7) is 8.24. The summed E-state index contributed by atoms with van der Waals surface area (Å²) in [5.41, 5.74) is 7.67. The maximum atomic E-state index is 12.8. The molecule has 0 saturated carbocycles. The van der Waals surface area contributed by atoms with Gasteiger partial charge in [-0.3, -0.25) is 4.79 Å². The molecule has 1 aliphatic heterocycles. The minimum atomic E-state index is -0.190. The number of piperidine rings is 1. The summed E-state index contributed by atoms with van der Waals surface area (Å²) in [5.74, 6) is 2.20. The Morgan fingerprint density at radius 1 is 1.22 bits per heavy atom. The van der Waals surface area contributed by atoms with Gasteiger partial charge in [0.25, 0.3) is 0 Å². The molecule has 27 heavy (non-hydrogen) atoms. The van der Waals surface area contributed by atoms with Crippen molar-refractivity contribution in [3.63, 3.8) is 0 Å². The van der Waals surface area contributed by atoms with Gasteiger partial charge in [0.05, 0.1) is 10.6 Å². The van der Waals surface area contributed by atoms with Crippen molar-refractivity contribution in [2.45, 2.75) is 63.3 Å². The average Bonchev–Trinajstić information content (AvgIpc) is 2.99. The van der Waals surface area contributed by atoms with Crippen LogP contribution in [-0.4, -0.2) is 39.1 Å². The molecule has 2 atom stereocenters. The minimum Gasteiger partial charge on any atom is -0.383 e. The third-order valence-electron chi connectivity index (χ3n) is 5.89. The van der Waals surface area contributed by atoms with Gasteiger partial charge in [0, 0.05) is 18.0 Å². The summed E-state index contributed by atoms with van der Waals surface area (Å²) in [6, 6.07) is 0. The van der Waals surface area contributed by atoms with Crippen LogP contribution in [0.3, 0.4) is 0 Å². The van der Waals surface area contributed by atoms with Crippen LogP contribution in [0.25, 0.3) is 10.2 Å². The fraction of sp³-hybridized carbons (Fsp3) is 0.650. The lowest BCUT2D eigenvalue weighted by Crippen LogP contribution is -2.41. The van der Waals surface area contributed by atoms with Gasteiger partial charge in [-0.05, 0) is 56.4 Å². The van der Waals surface area contributed by atoms with Gasteiger partial charge in [-0.15, -0.1) is 11.3 Å². The molecular weight excluding hydrogens is 376 g/mol. The van der Waals surface area contributed by atoms with E-state index in [1.807, 2.05) is 11.8 Å². The van der Waals surface area contributed by atoms with Crippen LogP contribution in [0.4, 0.5) is 5.82 Å². The number of fused-ring (bicyclic) bond motifs is 3. The van der Waals surface area contributed by atoms with Gasteiger partial charge < -0.3 is 10.6 Å². The Bertz CT molecular complexity index is 857. The first-order chi connectivity index (χ1) is 12.9. The number of hydrogen-bond donors (Lipinski definition) is 1. The van der Waals surface area contributed by atoms with Crippen molar-refractivity contribution in [3.8, 4) is 0 Å². The van der Waals surface area contributed by atoms with E-state index in [4.69, 9.17) is 10.7 Å². The zero-order valence-electron chi connectivity index (χ0n) is 16.3. The van der Waals surface area contributed by atoms with E-state index in [0.29, 0.717) is 11.0 Å². The largest absolute Gasteiger partial charge is 0.383 e. The Balaban J connectivity index is 1.53. The van der Waals surface area contributed by atoms with Gasteiger partial charge in [-0.25, -0.2) is 9.97 Å². The molecule has 0 aromatic carbocycles. The molecule has 2 aromatic rings. The van der Waals surface area contributed by atoms with Crippen molar-refractivity contribution in [3.05, 3.63) is 10.4 Å². The molecule has 2 aliphatic rings. The molecule has 0 spiro atoms. The van der Waals surface area contributed by atoms with E-state index in [2.05, 4.69) is 18.8 Å². The topological polar surface area (TPSA) is 72.1 Å². The second-order valence-electron chi connectivity index (χ2n) is 8.19.